The van der Waals surface area contributed by atoms with E-state index in [1.807, 2.05) is 32.9 Å². The summed E-state index contributed by atoms with van der Waals surface area (Å²) in [6.07, 6.45) is 8.31. The predicted molar refractivity (Wildman–Crippen MR) is 129 cm³/mol. The molecule has 172 valence electrons. The van der Waals surface area contributed by atoms with E-state index in [9.17, 15) is 9.59 Å². The van der Waals surface area contributed by atoms with E-state index < -0.39 is 0 Å². The first-order valence-electron chi connectivity index (χ1n) is 10.6. The highest BCUT2D eigenvalue weighted by molar-refractivity contribution is 7.13. The van der Waals surface area contributed by atoms with Crippen molar-refractivity contribution in [1.82, 2.24) is 29.9 Å². The third-order valence-corrected chi connectivity index (χ3v) is 6.01. The Labute approximate surface area is 200 Å². The average molecular weight is 474 g/mol. The fourth-order valence-corrected chi connectivity index (χ4v) is 3.90. The standard InChI is InChI=1S/C24H23N7O2S/c1-24(2,3)20-11-21(30-14-29-20)31-23(33)19-12-26-22(34-19)5-4-18(32)17-10-16(27-13-28-17)15-6-8-25-9-7-15/h6-14H,4-5H2,1-3H3,(H,29,30,31,33). The number of nitrogens with zero attached hydrogens (tertiary/aromatic N) is 6. The van der Waals surface area contributed by atoms with Crippen LogP contribution in [0.15, 0.2) is 55.5 Å². The maximum Gasteiger partial charge on any atom is 0.268 e. The summed E-state index contributed by atoms with van der Waals surface area (Å²) in [5, 5.41) is 3.48. The summed E-state index contributed by atoms with van der Waals surface area (Å²) < 4.78 is 0. The Kier molecular flexibility index (Phi) is 6.78. The Morgan fingerprint density at radius 2 is 1.74 bits per heavy atom. The van der Waals surface area contributed by atoms with Gasteiger partial charge in [0.15, 0.2) is 5.78 Å². The van der Waals surface area contributed by atoms with Gasteiger partial charge in [-0.3, -0.25) is 14.6 Å². The van der Waals surface area contributed by atoms with Crippen molar-refractivity contribution in [3.63, 3.8) is 0 Å². The fourth-order valence-electron chi connectivity index (χ4n) is 3.08. The number of thiazole rings is 1. The molecular formula is C24H23N7O2S. The van der Waals surface area contributed by atoms with Gasteiger partial charge < -0.3 is 5.32 Å². The van der Waals surface area contributed by atoms with Gasteiger partial charge in [-0.25, -0.2) is 24.9 Å². The number of rotatable bonds is 7. The van der Waals surface area contributed by atoms with Crippen molar-refractivity contribution in [1.29, 1.82) is 0 Å². The number of anilines is 1. The van der Waals surface area contributed by atoms with Crippen molar-refractivity contribution in [3.05, 3.63) is 76.8 Å². The largest absolute Gasteiger partial charge is 0.306 e. The van der Waals surface area contributed by atoms with Gasteiger partial charge in [0.05, 0.1) is 22.6 Å². The van der Waals surface area contributed by atoms with E-state index in [2.05, 4.69) is 35.2 Å². The Balaban J connectivity index is 1.37. The van der Waals surface area contributed by atoms with E-state index in [4.69, 9.17) is 0 Å². The minimum atomic E-state index is -0.300. The second-order valence-electron chi connectivity index (χ2n) is 8.56. The minimum absolute atomic E-state index is 0.116. The molecule has 10 heteroatoms. The highest BCUT2D eigenvalue weighted by Crippen LogP contribution is 2.22. The highest BCUT2D eigenvalue weighted by atomic mass is 32.1. The van der Waals surface area contributed by atoms with Gasteiger partial charge in [0.25, 0.3) is 5.91 Å². The number of ketones is 1. The molecule has 4 rings (SSSR count). The summed E-state index contributed by atoms with van der Waals surface area (Å²) in [6, 6.07) is 7.08. The molecule has 0 fully saturated rings. The number of hydrogen-bond donors (Lipinski definition) is 1. The summed E-state index contributed by atoms with van der Waals surface area (Å²) in [5.41, 5.74) is 2.54. The topological polar surface area (TPSA) is 124 Å². The lowest BCUT2D eigenvalue weighted by molar-refractivity contribution is 0.0976. The van der Waals surface area contributed by atoms with Crippen LogP contribution in [0, 0.1) is 0 Å². The van der Waals surface area contributed by atoms with Gasteiger partial charge in [0.2, 0.25) is 0 Å². The Morgan fingerprint density at radius 3 is 2.50 bits per heavy atom. The van der Waals surface area contributed by atoms with Crippen LogP contribution in [-0.2, 0) is 11.8 Å². The van der Waals surface area contributed by atoms with Gasteiger partial charge in [-0.1, -0.05) is 20.8 Å². The van der Waals surface area contributed by atoms with Crippen molar-refractivity contribution >= 4 is 28.8 Å². The van der Waals surface area contributed by atoms with Crippen LogP contribution < -0.4 is 5.32 Å². The van der Waals surface area contributed by atoms with Gasteiger partial charge in [-0.2, -0.15) is 0 Å². The molecular weight excluding hydrogens is 450 g/mol. The molecule has 0 unspecified atom stereocenters. The Morgan fingerprint density at radius 1 is 0.971 bits per heavy atom. The molecule has 0 saturated heterocycles. The number of aryl methyl sites for hydroxylation is 1. The van der Waals surface area contributed by atoms with Crippen LogP contribution >= 0.6 is 11.3 Å². The molecule has 4 heterocycles. The molecule has 0 aliphatic carbocycles. The number of nitrogens with one attached hydrogen (secondary N) is 1. The normalized spacial score (nSPS) is 11.3. The quantitative estimate of drug-likeness (QED) is 0.397. The molecule has 0 spiro atoms. The molecule has 0 aliphatic rings. The average Bonchev–Trinajstić information content (AvgIpc) is 3.32. The lowest BCUT2D eigenvalue weighted by atomic mass is 9.92. The molecule has 9 nitrogen and oxygen atoms in total. The van der Waals surface area contributed by atoms with Gasteiger partial charge in [-0.15, -0.1) is 11.3 Å². The number of aromatic nitrogens is 6. The van der Waals surface area contributed by atoms with Crippen LogP contribution in [0.4, 0.5) is 5.82 Å². The summed E-state index contributed by atoms with van der Waals surface area (Å²) in [6.45, 7) is 6.12. The molecule has 1 amide bonds. The maximum atomic E-state index is 12.7. The Hall–Kier alpha value is -3.92. The van der Waals surface area contributed by atoms with E-state index in [1.54, 1.807) is 24.5 Å². The summed E-state index contributed by atoms with van der Waals surface area (Å²) >= 11 is 1.25. The molecule has 0 aromatic carbocycles. The number of carbonyl (C=O) groups is 2. The van der Waals surface area contributed by atoms with Crippen LogP contribution in [0.2, 0.25) is 0 Å². The van der Waals surface area contributed by atoms with E-state index in [1.165, 1.54) is 30.2 Å². The predicted octanol–water partition coefficient (Wildman–Crippen LogP) is 4.15. The molecule has 0 radical (unpaired) electrons. The second kappa shape index (κ2) is 9.92. The first-order valence-corrected chi connectivity index (χ1v) is 11.5. The van der Waals surface area contributed by atoms with Crippen molar-refractivity contribution in [2.24, 2.45) is 0 Å². The van der Waals surface area contributed by atoms with Gasteiger partial charge >= 0.3 is 0 Å². The van der Waals surface area contributed by atoms with Crippen LogP contribution in [0.25, 0.3) is 11.3 Å². The first kappa shape index (κ1) is 23.2. The minimum Gasteiger partial charge on any atom is -0.306 e. The van der Waals surface area contributed by atoms with Gasteiger partial charge in [-0.05, 0) is 18.2 Å². The zero-order valence-corrected chi connectivity index (χ0v) is 19.8. The van der Waals surface area contributed by atoms with Crippen molar-refractivity contribution in [2.45, 2.75) is 39.0 Å². The van der Waals surface area contributed by atoms with Crippen LogP contribution in [0.3, 0.4) is 0 Å². The second-order valence-corrected chi connectivity index (χ2v) is 9.67. The third kappa shape index (κ3) is 5.70. The molecule has 0 saturated carbocycles. The number of Topliss-reactive ketones (excluding diaryl/α,β-unsaturated/α-hetero) is 1. The number of pyridine rings is 1. The Bertz CT molecular complexity index is 1320. The van der Waals surface area contributed by atoms with Crippen molar-refractivity contribution in [3.8, 4) is 11.3 Å². The van der Waals surface area contributed by atoms with E-state index in [0.717, 1.165) is 11.3 Å². The molecule has 0 bridgehead atoms. The molecule has 4 aromatic rings. The lowest BCUT2D eigenvalue weighted by Gasteiger charge is -2.17. The maximum absolute atomic E-state index is 12.7. The summed E-state index contributed by atoms with van der Waals surface area (Å²) in [5.74, 6) is 0.0184. The molecule has 4 aromatic heterocycles. The highest BCUT2D eigenvalue weighted by Gasteiger charge is 2.18. The molecule has 0 aliphatic heterocycles. The smallest absolute Gasteiger partial charge is 0.268 e. The SMILES string of the molecule is CC(C)(C)c1cc(NC(=O)c2cnc(CCC(=O)c3cc(-c4ccncc4)ncn3)s2)ncn1. The van der Waals surface area contributed by atoms with Crippen LogP contribution in [-0.4, -0.2) is 41.6 Å². The third-order valence-electron chi connectivity index (χ3n) is 4.95. The molecule has 34 heavy (non-hydrogen) atoms. The van der Waals surface area contributed by atoms with Crippen LogP contribution in [0.5, 0.6) is 0 Å². The van der Waals surface area contributed by atoms with E-state index >= 15 is 0 Å². The van der Waals surface area contributed by atoms with E-state index in [-0.39, 0.29) is 23.5 Å². The fraction of sp³-hybridized carbons (Fsp3) is 0.250. The number of hydrogen-bond acceptors (Lipinski definition) is 9. The zero-order valence-electron chi connectivity index (χ0n) is 19.0. The van der Waals surface area contributed by atoms with Crippen LogP contribution in [0.1, 0.15) is 58.1 Å². The molecule has 1 N–H and O–H groups in total. The van der Waals surface area contributed by atoms with Gasteiger partial charge in [0.1, 0.15) is 29.0 Å². The van der Waals surface area contributed by atoms with Crippen molar-refractivity contribution < 1.29 is 9.59 Å². The zero-order chi connectivity index (χ0) is 24.1. The monoisotopic (exact) mass is 473 g/mol. The van der Waals surface area contributed by atoms with Gasteiger partial charge in [0, 0.05) is 42.3 Å². The number of carbonyl (C=O) groups excluding carboxylic acids is 2. The first-order chi connectivity index (χ1) is 16.3. The van der Waals surface area contributed by atoms with Crippen molar-refractivity contribution in [2.75, 3.05) is 5.32 Å². The summed E-state index contributed by atoms with van der Waals surface area (Å²) in [4.78, 5) is 50.8. The summed E-state index contributed by atoms with van der Waals surface area (Å²) in [7, 11) is 0. The molecule has 0 atom stereocenters. The number of amides is 1. The van der Waals surface area contributed by atoms with E-state index in [0.29, 0.717) is 33.5 Å². The lowest BCUT2D eigenvalue weighted by Crippen LogP contribution is -2.16.